The number of benzene rings is 2. The van der Waals surface area contributed by atoms with E-state index in [4.69, 9.17) is 45.8 Å². The number of rotatable bonds is 30. The molecule has 3 aromatic heterocycles. The molecule has 78 heavy (non-hydrogen) atoms. The van der Waals surface area contributed by atoms with E-state index < -0.39 is 54.1 Å². The van der Waals surface area contributed by atoms with E-state index in [2.05, 4.69) is 20.3 Å². The number of anilines is 1. The molecule has 8 atom stereocenters. The standard InChI is InChI=1S/C55H72ClN7O14S/c1-33-49(78-32-61-33)35-9-7-34(8-10-35)29-58-52(70)43-28-39(66)30-63(43)53(71)41(55(2,3)4)27-38(65)15-19-73-21-23-75-25-24-74-22-20-72-18-14-37(64)6-5-17-76-44-26-36(11-12-42(44)56)45(67)48-46(68)47(69)54(77-48)62-16-13-40-50(57)59-31-60-51(40)62/h7-13,16,26,31-32,39,41,43,45-48,54,66-69H,5-6,14-15,17-25,27-30H2,1-4H3,(H,58,70)(H2,57,59,60)/t39-,41-,43+,45-,46+,47-,48-,54-/m1/s1. The first-order valence-electron chi connectivity index (χ1n) is 26.2. The number of ketones is 2. The maximum absolute atomic E-state index is 14.0. The van der Waals surface area contributed by atoms with Crippen molar-refractivity contribution < 1.29 is 68.0 Å². The quantitative estimate of drug-likeness (QED) is 0.0333. The van der Waals surface area contributed by atoms with Gasteiger partial charge in [-0.3, -0.25) is 19.2 Å². The first-order valence-corrected chi connectivity index (χ1v) is 27.5. The van der Waals surface area contributed by atoms with Crippen LogP contribution in [0.15, 0.2) is 66.6 Å². The summed E-state index contributed by atoms with van der Waals surface area (Å²) in [6.45, 7) is 10.3. The Balaban J connectivity index is 0.694. The zero-order valence-electron chi connectivity index (χ0n) is 44.5. The Morgan fingerprint density at radius 1 is 0.859 bits per heavy atom. The van der Waals surface area contributed by atoms with Gasteiger partial charge >= 0.3 is 0 Å². The van der Waals surface area contributed by atoms with Gasteiger partial charge in [0.1, 0.15) is 65.6 Å². The van der Waals surface area contributed by atoms with Gasteiger partial charge in [0.25, 0.3) is 0 Å². The first kappa shape index (κ1) is 60.1. The molecule has 0 unspecified atom stereocenters. The van der Waals surface area contributed by atoms with Crippen LogP contribution in [0.1, 0.15) is 88.4 Å². The lowest BCUT2D eigenvalue weighted by Gasteiger charge is -2.34. The van der Waals surface area contributed by atoms with Crippen molar-refractivity contribution in [1.82, 2.24) is 29.7 Å². The van der Waals surface area contributed by atoms with Crippen LogP contribution in [0.5, 0.6) is 5.75 Å². The molecule has 2 aliphatic rings. The van der Waals surface area contributed by atoms with Crippen LogP contribution in [0.4, 0.5) is 5.82 Å². The molecule has 0 radical (unpaired) electrons. The Labute approximate surface area is 462 Å². The van der Waals surface area contributed by atoms with Gasteiger partial charge in [0, 0.05) is 57.3 Å². The molecule has 2 amide bonds. The Morgan fingerprint density at radius 3 is 2.18 bits per heavy atom. The molecule has 2 saturated heterocycles. The lowest BCUT2D eigenvalue weighted by molar-refractivity contribution is -0.146. The zero-order chi connectivity index (χ0) is 55.9. The minimum absolute atomic E-state index is 0.00301. The molecule has 7 rings (SSSR count). The Kier molecular flexibility index (Phi) is 22.0. The highest BCUT2D eigenvalue weighted by Gasteiger charge is 2.48. The summed E-state index contributed by atoms with van der Waals surface area (Å²) in [6.07, 6.45) is -3.31. The average molecular weight is 1120 g/mol. The van der Waals surface area contributed by atoms with Crippen LogP contribution in [0.25, 0.3) is 21.5 Å². The van der Waals surface area contributed by atoms with Crippen LogP contribution in [0.3, 0.4) is 0 Å². The van der Waals surface area contributed by atoms with Crippen molar-refractivity contribution in [1.29, 1.82) is 0 Å². The number of hydrogen-bond donors (Lipinski definition) is 6. The van der Waals surface area contributed by atoms with Gasteiger partial charge in [-0.05, 0) is 53.6 Å². The Hall–Kier alpha value is -5.50. The number of aromatic nitrogens is 4. The van der Waals surface area contributed by atoms with Gasteiger partial charge in [0.05, 0.1) is 92.1 Å². The van der Waals surface area contributed by atoms with Crippen molar-refractivity contribution in [3.8, 4) is 16.2 Å². The summed E-state index contributed by atoms with van der Waals surface area (Å²) >= 11 is 7.95. The number of ether oxygens (including phenoxy) is 6. The fourth-order valence-corrected chi connectivity index (χ4v) is 10.3. The maximum atomic E-state index is 14.0. The highest BCUT2D eigenvalue weighted by molar-refractivity contribution is 7.13. The molecule has 0 bridgehead atoms. The van der Waals surface area contributed by atoms with Crippen molar-refractivity contribution in [2.75, 3.05) is 71.7 Å². The second-order valence-electron chi connectivity index (χ2n) is 20.5. The van der Waals surface area contributed by atoms with E-state index in [0.717, 1.165) is 21.7 Å². The number of aryl methyl sites for hydroxylation is 1. The number of carbonyl (C=O) groups excluding carboxylic acids is 4. The molecule has 0 aliphatic carbocycles. The molecule has 0 spiro atoms. The molecule has 23 heteroatoms. The Bertz CT molecular complexity index is 2770. The van der Waals surface area contributed by atoms with Crippen molar-refractivity contribution in [3.63, 3.8) is 0 Å². The topological polar surface area (TPSA) is 289 Å². The summed E-state index contributed by atoms with van der Waals surface area (Å²) in [7, 11) is 0. The zero-order valence-corrected chi connectivity index (χ0v) is 46.0. The second kappa shape index (κ2) is 28.6. The van der Waals surface area contributed by atoms with Crippen LogP contribution < -0.4 is 15.8 Å². The van der Waals surface area contributed by atoms with Crippen LogP contribution in [0, 0.1) is 18.3 Å². The Morgan fingerprint density at radius 2 is 1.53 bits per heavy atom. The van der Waals surface area contributed by atoms with Gasteiger partial charge in [0.15, 0.2) is 6.23 Å². The summed E-state index contributed by atoms with van der Waals surface area (Å²) in [5.41, 5.74) is 10.8. The monoisotopic (exact) mass is 1120 g/mol. The summed E-state index contributed by atoms with van der Waals surface area (Å²) in [4.78, 5) is 68.1. The molecule has 424 valence electrons. The highest BCUT2D eigenvalue weighted by atomic mass is 35.5. The summed E-state index contributed by atoms with van der Waals surface area (Å²) in [5.74, 6) is -1.01. The highest BCUT2D eigenvalue weighted by Crippen LogP contribution is 2.40. The number of nitrogens with zero attached hydrogens (tertiary/aromatic N) is 5. The maximum Gasteiger partial charge on any atom is 0.243 e. The van der Waals surface area contributed by atoms with E-state index in [1.165, 1.54) is 21.9 Å². The fraction of sp³-hybridized carbons (Fsp3) is 0.545. The largest absolute Gasteiger partial charge is 0.492 e. The lowest BCUT2D eigenvalue weighted by atomic mass is 9.76. The number of nitrogens with one attached hydrogen (secondary N) is 1. The molecule has 0 saturated carbocycles. The molecule has 2 fully saturated rings. The third kappa shape index (κ3) is 16.1. The number of halogens is 1. The van der Waals surface area contributed by atoms with E-state index in [9.17, 15) is 39.6 Å². The van der Waals surface area contributed by atoms with Crippen molar-refractivity contribution in [3.05, 3.63) is 88.4 Å². The molecule has 5 aromatic rings. The number of amides is 2. The number of likely N-dealkylation sites (tertiary alicyclic amines) is 1. The molecular formula is C55H72ClN7O14S. The predicted molar refractivity (Wildman–Crippen MR) is 289 cm³/mol. The van der Waals surface area contributed by atoms with Gasteiger partial charge in [-0.1, -0.05) is 62.7 Å². The number of aliphatic hydroxyl groups excluding tert-OH is 4. The lowest BCUT2D eigenvalue weighted by Crippen LogP contribution is -2.50. The van der Waals surface area contributed by atoms with E-state index in [-0.39, 0.29) is 112 Å². The minimum Gasteiger partial charge on any atom is -0.492 e. The van der Waals surface area contributed by atoms with E-state index >= 15 is 0 Å². The number of hydrogen-bond acceptors (Lipinski definition) is 19. The van der Waals surface area contributed by atoms with E-state index in [1.807, 2.05) is 57.5 Å². The molecule has 2 aromatic carbocycles. The summed E-state index contributed by atoms with van der Waals surface area (Å²) < 4.78 is 35.7. The average Bonchev–Trinajstić information content (AvgIpc) is 4.32. The number of nitrogens with two attached hydrogens (primary N) is 1. The third-order valence-corrected chi connectivity index (χ3v) is 15.1. The smallest absolute Gasteiger partial charge is 0.243 e. The van der Waals surface area contributed by atoms with Crippen LogP contribution >= 0.6 is 22.9 Å². The molecule has 2 aliphatic heterocycles. The number of β-amino-alcohol motifs (C(OH)–C–C–N with tert-alkyl or cyclic N) is 1. The van der Waals surface area contributed by atoms with Crippen molar-refractivity contribution in [2.24, 2.45) is 11.3 Å². The molecule has 5 heterocycles. The normalized spacial score (nSPS) is 20.3. The van der Waals surface area contributed by atoms with Gasteiger partial charge in [-0.15, -0.1) is 11.3 Å². The third-order valence-electron chi connectivity index (χ3n) is 13.8. The minimum atomic E-state index is -1.44. The molecular weight excluding hydrogens is 1050 g/mol. The van der Waals surface area contributed by atoms with Crippen LogP contribution in [-0.4, -0.2) is 165 Å². The second-order valence-corrected chi connectivity index (χ2v) is 21.8. The summed E-state index contributed by atoms with van der Waals surface area (Å²) in [6, 6.07) is 13.3. The number of Topliss-reactive ketones (excluding diaryl/α,β-unsaturated/α-hetero) is 2. The van der Waals surface area contributed by atoms with E-state index in [0.29, 0.717) is 56.1 Å². The van der Waals surface area contributed by atoms with Gasteiger partial charge < -0.3 is 69.4 Å². The SMILES string of the molecule is Cc1ncsc1-c1ccc(CNC(=O)[C@@H]2C[C@@H](O)CN2C(=O)[C@@H](CC(=O)CCOCCOCCOCCOCCC(=O)CCCOc2cc([C@@H](O)[C@H]3O[C@@H](n4ccc5c(N)ncnc54)[C@H](O)[C@@H]3O)ccc2Cl)C(C)(C)C)cc1. The van der Waals surface area contributed by atoms with Gasteiger partial charge in [-0.25, -0.2) is 15.0 Å². The summed E-state index contributed by atoms with van der Waals surface area (Å²) in [5, 5.41) is 47.3. The number of carbonyl (C=O) groups is 4. The van der Waals surface area contributed by atoms with Crippen LogP contribution in [0.2, 0.25) is 5.02 Å². The van der Waals surface area contributed by atoms with Crippen LogP contribution in [-0.2, 0) is 49.4 Å². The number of aliphatic hydroxyl groups is 4. The van der Waals surface area contributed by atoms with Gasteiger partial charge in [-0.2, -0.15) is 0 Å². The molecule has 21 nitrogen and oxygen atoms in total. The number of nitrogen functional groups attached to an aromatic ring is 1. The van der Waals surface area contributed by atoms with E-state index in [1.54, 1.807) is 35.7 Å². The number of thiazole rings is 1. The van der Waals surface area contributed by atoms with Crippen molar-refractivity contribution >= 4 is 63.2 Å². The molecule has 7 N–H and O–H groups in total. The van der Waals surface area contributed by atoms with Crippen molar-refractivity contribution in [2.45, 2.75) is 116 Å². The number of fused-ring (bicyclic) bond motifs is 1. The van der Waals surface area contributed by atoms with Gasteiger partial charge in [0.2, 0.25) is 11.8 Å². The fourth-order valence-electron chi connectivity index (χ4n) is 9.35. The first-order chi connectivity index (χ1) is 37.4. The predicted octanol–water partition coefficient (Wildman–Crippen LogP) is 4.93.